The molecule has 34 heavy (non-hydrogen) atoms. The molecule has 4 rings (SSSR count). The van der Waals surface area contributed by atoms with E-state index < -0.39 is 10.8 Å². The molecular formula is C25H19ClN2O6. The molecule has 0 bridgehead atoms. The molecule has 1 N–H and O–H groups in total. The van der Waals surface area contributed by atoms with Crippen LogP contribution in [0, 0.1) is 17.0 Å². The van der Waals surface area contributed by atoms with Crippen LogP contribution in [0.5, 0.6) is 17.2 Å². The van der Waals surface area contributed by atoms with Gasteiger partial charge in [0.2, 0.25) is 0 Å². The second kappa shape index (κ2) is 10.1. The number of nitro groups is 1. The molecule has 0 fully saturated rings. The van der Waals surface area contributed by atoms with Crippen LogP contribution in [0.2, 0.25) is 5.02 Å². The summed E-state index contributed by atoms with van der Waals surface area (Å²) in [6, 6.07) is 21.2. The van der Waals surface area contributed by atoms with Crippen molar-refractivity contribution < 1.29 is 23.6 Å². The lowest BCUT2D eigenvalue weighted by Crippen LogP contribution is -2.11. The second-order valence-electron chi connectivity index (χ2n) is 7.30. The smallest absolute Gasteiger partial charge is 0.291 e. The number of carbonyl (C=O) groups is 1. The molecule has 172 valence electrons. The zero-order valence-electron chi connectivity index (χ0n) is 18.0. The number of nitrogens with one attached hydrogen (secondary N) is 1. The van der Waals surface area contributed by atoms with E-state index in [1.54, 1.807) is 30.3 Å². The van der Waals surface area contributed by atoms with Crippen LogP contribution < -0.4 is 14.8 Å². The van der Waals surface area contributed by atoms with Crippen molar-refractivity contribution in [1.82, 2.24) is 0 Å². The lowest BCUT2D eigenvalue weighted by Gasteiger charge is -2.09. The van der Waals surface area contributed by atoms with Gasteiger partial charge in [-0.05, 0) is 55.0 Å². The first-order valence-electron chi connectivity index (χ1n) is 10.2. The summed E-state index contributed by atoms with van der Waals surface area (Å²) >= 11 is 5.87. The van der Waals surface area contributed by atoms with Gasteiger partial charge in [0.15, 0.2) is 5.76 Å². The number of benzene rings is 3. The molecule has 0 aliphatic carbocycles. The van der Waals surface area contributed by atoms with Crippen LogP contribution in [-0.2, 0) is 6.61 Å². The fourth-order valence-electron chi connectivity index (χ4n) is 3.10. The third kappa shape index (κ3) is 5.73. The highest BCUT2D eigenvalue weighted by atomic mass is 35.5. The fourth-order valence-corrected chi connectivity index (χ4v) is 3.22. The molecule has 0 aliphatic heterocycles. The quantitative estimate of drug-likeness (QED) is 0.221. The van der Waals surface area contributed by atoms with Crippen molar-refractivity contribution in [3.63, 3.8) is 0 Å². The number of nitrogens with zero attached hydrogens (tertiary/aromatic N) is 1. The molecule has 9 heteroatoms. The lowest BCUT2D eigenvalue weighted by molar-refractivity contribution is -0.384. The van der Waals surface area contributed by atoms with E-state index in [9.17, 15) is 14.9 Å². The fraction of sp³-hybridized carbons (Fsp3) is 0.0800. The molecule has 1 heterocycles. The molecule has 4 aromatic rings. The number of rotatable bonds is 8. The summed E-state index contributed by atoms with van der Waals surface area (Å²) in [6.07, 6.45) is 0. The SMILES string of the molecule is Cc1ccccc1OCc1ccc(C(=O)Nc2cc(Oc3ccc(Cl)cc3)cc([N+](=O)[O-])c2)o1. The first-order valence-corrected chi connectivity index (χ1v) is 10.6. The zero-order chi connectivity index (χ0) is 24.1. The van der Waals surface area contributed by atoms with Crippen molar-refractivity contribution in [2.24, 2.45) is 0 Å². The Balaban J connectivity index is 1.46. The number of aryl methyl sites for hydroxylation is 1. The van der Waals surface area contributed by atoms with Crippen molar-refractivity contribution in [1.29, 1.82) is 0 Å². The first kappa shape index (κ1) is 22.9. The van der Waals surface area contributed by atoms with Crippen LogP contribution in [0.15, 0.2) is 83.3 Å². The number of non-ortho nitro benzene ring substituents is 1. The number of hydrogen-bond acceptors (Lipinski definition) is 6. The molecule has 3 aromatic carbocycles. The van der Waals surface area contributed by atoms with Gasteiger partial charge >= 0.3 is 0 Å². The Kier molecular flexibility index (Phi) is 6.79. The Hall–Kier alpha value is -4.30. The summed E-state index contributed by atoms with van der Waals surface area (Å²) in [4.78, 5) is 23.5. The highest BCUT2D eigenvalue weighted by molar-refractivity contribution is 6.30. The summed E-state index contributed by atoms with van der Waals surface area (Å²) in [5.41, 5.74) is 0.917. The number of hydrogen-bond donors (Lipinski definition) is 1. The third-order valence-corrected chi connectivity index (χ3v) is 5.01. The molecule has 0 radical (unpaired) electrons. The molecule has 0 aliphatic rings. The largest absolute Gasteiger partial charge is 0.485 e. The predicted molar refractivity (Wildman–Crippen MR) is 127 cm³/mol. The van der Waals surface area contributed by atoms with E-state index in [0.717, 1.165) is 11.3 Å². The maximum absolute atomic E-state index is 12.7. The minimum atomic E-state index is -0.571. The molecule has 0 saturated carbocycles. The molecule has 0 atom stereocenters. The van der Waals surface area contributed by atoms with Crippen LogP contribution in [-0.4, -0.2) is 10.8 Å². The summed E-state index contributed by atoms with van der Waals surface area (Å²) in [7, 11) is 0. The number of amides is 1. The van der Waals surface area contributed by atoms with Crippen LogP contribution in [0.25, 0.3) is 0 Å². The van der Waals surface area contributed by atoms with Gasteiger partial charge in [-0.25, -0.2) is 0 Å². The topological polar surface area (TPSA) is 104 Å². The van der Waals surface area contributed by atoms with Crippen molar-refractivity contribution in [3.05, 3.63) is 111 Å². The van der Waals surface area contributed by atoms with Gasteiger partial charge in [-0.15, -0.1) is 0 Å². The molecule has 1 aromatic heterocycles. The van der Waals surface area contributed by atoms with Gasteiger partial charge in [-0.3, -0.25) is 14.9 Å². The van der Waals surface area contributed by atoms with E-state index in [0.29, 0.717) is 16.5 Å². The van der Waals surface area contributed by atoms with E-state index in [2.05, 4.69) is 5.32 Å². The number of anilines is 1. The number of nitro benzene ring substituents is 1. The van der Waals surface area contributed by atoms with Crippen LogP contribution >= 0.6 is 11.6 Å². The van der Waals surface area contributed by atoms with Gasteiger partial charge in [0.05, 0.1) is 16.7 Å². The van der Waals surface area contributed by atoms with Gasteiger partial charge in [-0.2, -0.15) is 0 Å². The minimum Gasteiger partial charge on any atom is -0.485 e. The zero-order valence-corrected chi connectivity index (χ0v) is 18.7. The van der Waals surface area contributed by atoms with Crippen molar-refractivity contribution in [2.45, 2.75) is 13.5 Å². The summed E-state index contributed by atoms with van der Waals surface area (Å²) in [6.45, 7) is 2.08. The molecule has 0 unspecified atom stereocenters. The van der Waals surface area contributed by atoms with E-state index >= 15 is 0 Å². The maximum atomic E-state index is 12.7. The number of halogens is 1. The van der Waals surface area contributed by atoms with Crippen LogP contribution in [0.3, 0.4) is 0 Å². The summed E-state index contributed by atoms with van der Waals surface area (Å²) in [5.74, 6) is 1.26. The van der Waals surface area contributed by atoms with E-state index in [1.165, 1.54) is 24.3 Å². The first-order chi connectivity index (χ1) is 16.4. The van der Waals surface area contributed by atoms with Gasteiger partial charge in [0.25, 0.3) is 11.6 Å². The Morgan fingerprint density at radius 3 is 2.53 bits per heavy atom. The van der Waals surface area contributed by atoms with Crippen LogP contribution in [0.1, 0.15) is 21.9 Å². The molecular weight excluding hydrogens is 460 g/mol. The molecule has 8 nitrogen and oxygen atoms in total. The minimum absolute atomic E-state index is 0.0371. The molecule has 0 spiro atoms. The average molecular weight is 479 g/mol. The highest BCUT2D eigenvalue weighted by Gasteiger charge is 2.16. The van der Waals surface area contributed by atoms with Crippen molar-refractivity contribution >= 4 is 28.9 Å². The van der Waals surface area contributed by atoms with Crippen LogP contribution in [0.4, 0.5) is 11.4 Å². The molecule has 0 saturated heterocycles. The summed E-state index contributed by atoms with van der Waals surface area (Å²) in [5, 5.41) is 14.5. The lowest BCUT2D eigenvalue weighted by atomic mass is 10.2. The number of ether oxygens (including phenoxy) is 2. The Labute approximate surface area is 199 Å². The summed E-state index contributed by atoms with van der Waals surface area (Å²) < 4.78 is 17.0. The second-order valence-corrected chi connectivity index (χ2v) is 7.74. The van der Waals surface area contributed by atoms with Crippen molar-refractivity contribution in [3.8, 4) is 17.2 Å². The third-order valence-electron chi connectivity index (χ3n) is 4.76. The van der Waals surface area contributed by atoms with E-state index in [4.69, 9.17) is 25.5 Å². The Morgan fingerprint density at radius 2 is 1.79 bits per heavy atom. The van der Waals surface area contributed by atoms with Gasteiger partial charge in [0.1, 0.15) is 29.6 Å². The monoisotopic (exact) mass is 478 g/mol. The Bertz CT molecular complexity index is 1330. The van der Waals surface area contributed by atoms with Gasteiger partial charge < -0.3 is 19.2 Å². The highest BCUT2D eigenvalue weighted by Crippen LogP contribution is 2.30. The average Bonchev–Trinajstić information content (AvgIpc) is 3.29. The maximum Gasteiger partial charge on any atom is 0.291 e. The van der Waals surface area contributed by atoms with E-state index in [-0.39, 0.29) is 29.5 Å². The number of carbonyl (C=O) groups excluding carboxylic acids is 1. The normalized spacial score (nSPS) is 10.5. The number of para-hydroxylation sites is 1. The van der Waals surface area contributed by atoms with Gasteiger partial charge in [0, 0.05) is 17.2 Å². The van der Waals surface area contributed by atoms with Crippen molar-refractivity contribution in [2.75, 3.05) is 5.32 Å². The Morgan fingerprint density at radius 1 is 1.03 bits per heavy atom. The standard InChI is InChI=1S/C25H19ClN2O6/c1-16-4-2-3-5-23(16)32-15-21-10-11-24(34-21)25(29)27-18-12-19(28(30)31)14-22(13-18)33-20-8-6-17(26)7-9-20/h2-14H,15H2,1H3,(H,27,29). The van der Waals surface area contributed by atoms with E-state index in [1.807, 2.05) is 31.2 Å². The number of furan rings is 1. The predicted octanol–water partition coefficient (Wildman–Crippen LogP) is 6.77. The molecule has 1 amide bonds. The van der Waals surface area contributed by atoms with Gasteiger partial charge in [-0.1, -0.05) is 29.8 Å².